The standard InChI is InChI=1S/C23H21BrN4O2/c1-14(2)15-4-8-18(9-5-15)28-26-20-10-7-17(13-21(20)27-28)25-23(29)19-12-16(24)6-11-22(19)30-3/h4-14H,1-3H3,(H,25,29). The van der Waals surface area contributed by atoms with E-state index in [2.05, 4.69) is 57.4 Å². The van der Waals surface area contributed by atoms with Crippen LogP contribution in [0.4, 0.5) is 5.69 Å². The molecule has 0 radical (unpaired) electrons. The summed E-state index contributed by atoms with van der Waals surface area (Å²) >= 11 is 3.39. The van der Waals surface area contributed by atoms with E-state index in [1.807, 2.05) is 36.4 Å². The molecular weight excluding hydrogens is 444 g/mol. The van der Waals surface area contributed by atoms with Crippen molar-refractivity contribution in [3.63, 3.8) is 0 Å². The average Bonchev–Trinajstić information content (AvgIpc) is 3.17. The van der Waals surface area contributed by atoms with Crippen LogP contribution in [0.25, 0.3) is 16.7 Å². The third-order valence-electron chi connectivity index (χ3n) is 4.84. The van der Waals surface area contributed by atoms with Gasteiger partial charge in [-0.15, -0.1) is 10.2 Å². The molecule has 0 aliphatic heterocycles. The van der Waals surface area contributed by atoms with Crippen LogP contribution in [0.15, 0.2) is 65.1 Å². The maximum atomic E-state index is 12.7. The first kappa shape index (κ1) is 20.1. The maximum absolute atomic E-state index is 12.7. The van der Waals surface area contributed by atoms with Crippen LogP contribution in [-0.2, 0) is 0 Å². The number of anilines is 1. The SMILES string of the molecule is COc1ccc(Br)cc1C(=O)Nc1ccc2nn(-c3ccc(C(C)C)cc3)nc2c1. The van der Waals surface area contributed by atoms with Gasteiger partial charge in [0.2, 0.25) is 0 Å². The Labute approximate surface area is 183 Å². The smallest absolute Gasteiger partial charge is 0.259 e. The third-order valence-corrected chi connectivity index (χ3v) is 5.33. The molecule has 0 saturated carbocycles. The highest BCUT2D eigenvalue weighted by Gasteiger charge is 2.14. The molecule has 6 nitrogen and oxygen atoms in total. The molecule has 4 aromatic rings. The van der Waals surface area contributed by atoms with Gasteiger partial charge in [-0.2, -0.15) is 4.80 Å². The van der Waals surface area contributed by atoms with Gasteiger partial charge in [-0.3, -0.25) is 4.79 Å². The minimum absolute atomic E-state index is 0.260. The minimum atomic E-state index is -0.260. The first-order valence-corrected chi connectivity index (χ1v) is 10.4. The number of ether oxygens (including phenoxy) is 1. The Morgan fingerprint density at radius 1 is 1.00 bits per heavy atom. The van der Waals surface area contributed by atoms with Crippen molar-refractivity contribution in [3.05, 3.63) is 76.3 Å². The summed E-state index contributed by atoms with van der Waals surface area (Å²) in [6, 6.07) is 19.0. The Bertz CT molecular complexity index is 1220. The number of benzene rings is 3. The van der Waals surface area contributed by atoms with Crippen LogP contribution in [0.1, 0.15) is 35.7 Å². The van der Waals surface area contributed by atoms with E-state index in [-0.39, 0.29) is 5.91 Å². The van der Waals surface area contributed by atoms with E-state index >= 15 is 0 Å². The summed E-state index contributed by atoms with van der Waals surface area (Å²) < 4.78 is 6.10. The zero-order valence-electron chi connectivity index (χ0n) is 16.9. The van der Waals surface area contributed by atoms with Gasteiger partial charge in [-0.25, -0.2) is 0 Å². The summed E-state index contributed by atoms with van der Waals surface area (Å²) in [5.41, 5.74) is 4.68. The zero-order chi connectivity index (χ0) is 21.3. The molecule has 1 amide bonds. The highest BCUT2D eigenvalue weighted by Crippen LogP contribution is 2.25. The number of nitrogens with one attached hydrogen (secondary N) is 1. The highest BCUT2D eigenvalue weighted by atomic mass is 79.9. The normalized spacial score (nSPS) is 11.1. The third kappa shape index (κ3) is 4.07. The number of carbonyl (C=O) groups excluding carboxylic acids is 1. The van der Waals surface area contributed by atoms with Gasteiger partial charge in [-0.05, 0) is 60.0 Å². The van der Waals surface area contributed by atoms with Crippen molar-refractivity contribution in [1.82, 2.24) is 15.0 Å². The van der Waals surface area contributed by atoms with E-state index in [0.717, 1.165) is 15.7 Å². The van der Waals surface area contributed by atoms with Crippen LogP contribution < -0.4 is 10.1 Å². The van der Waals surface area contributed by atoms with Gasteiger partial charge in [-0.1, -0.05) is 41.9 Å². The lowest BCUT2D eigenvalue weighted by Crippen LogP contribution is -2.13. The van der Waals surface area contributed by atoms with Gasteiger partial charge < -0.3 is 10.1 Å². The molecule has 4 rings (SSSR count). The number of nitrogens with zero attached hydrogens (tertiary/aromatic N) is 3. The molecule has 0 atom stereocenters. The Hall–Kier alpha value is -3.19. The largest absolute Gasteiger partial charge is 0.496 e. The fourth-order valence-electron chi connectivity index (χ4n) is 3.16. The molecule has 0 aliphatic rings. The van der Waals surface area contributed by atoms with E-state index in [1.54, 1.807) is 16.9 Å². The van der Waals surface area contributed by atoms with Crippen molar-refractivity contribution in [2.45, 2.75) is 19.8 Å². The fraction of sp³-hybridized carbons (Fsp3) is 0.174. The van der Waals surface area contributed by atoms with Crippen LogP contribution in [0, 0.1) is 0 Å². The molecule has 0 spiro atoms. The second-order valence-electron chi connectivity index (χ2n) is 7.24. The van der Waals surface area contributed by atoms with Crippen molar-refractivity contribution in [2.24, 2.45) is 0 Å². The highest BCUT2D eigenvalue weighted by molar-refractivity contribution is 9.10. The average molecular weight is 465 g/mol. The lowest BCUT2D eigenvalue weighted by Gasteiger charge is -2.09. The van der Waals surface area contributed by atoms with Crippen molar-refractivity contribution >= 4 is 38.6 Å². The van der Waals surface area contributed by atoms with Gasteiger partial charge in [0.25, 0.3) is 5.91 Å². The van der Waals surface area contributed by atoms with Gasteiger partial charge in [0.05, 0.1) is 18.4 Å². The number of aromatic nitrogens is 3. The van der Waals surface area contributed by atoms with E-state index in [9.17, 15) is 4.79 Å². The molecule has 0 fully saturated rings. The predicted octanol–water partition coefficient (Wildman–Crippen LogP) is 5.57. The number of hydrogen-bond donors (Lipinski definition) is 1. The van der Waals surface area contributed by atoms with Crippen molar-refractivity contribution in [1.29, 1.82) is 0 Å². The van der Waals surface area contributed by atoms with Crippen LogP contribution in [0.3, 0.4) is 0 Å². The molecule has 1 aromatic heterocycles. The molecule has 3 aromatic carbocycles. The molecule has 0 aliphatic carbocycles. The number of hydrogen-bond acceptors (Lipinski definition) is 4. The van der Waals surface area contributed by atoms with Crippen molar-refractivity contribution in [2.75, 3.05) is 12.4 Å². The van der Waals surface area contributed by atoms with Gasteiger partial charge in [0.1, 0.15) is 16.8 Å². The van der Waals surface area contributed by atoms with Gasteiger partial charge in [0, 0.05) is 10.2 Å². The fourth-order valence-corrected chi connectivity index (χ4v) is 3.52. The van der Waals surface area contributed by atoms with E-state index in [4.69, 9.17) is 4.74 Å². The lowest BCUT2D eigenvalue weighted by atomic mass is 10.0. The minimum Gasteiger partial charge on any atom is -0.496 e. The molecular formula is C23H21BrN4O2. The summed E-state index contributed by atoms with van der Waals surface area (Å²) in [5, 5.41) is 12.0. The summed E-state index contributed by atoms with van der Waals surface area (Å²) in [5.74, 6) is 0.718. The molecule has 7 heteroatoms. The molecule has 1 heterocycles. The van der Waals surface area contributed by atoms with E-state index in [1.165, 1.54) is 12.7 Å². The second kappa shape index (κ2) is 8.28. The summed E-state index contributed by atoms with van der Waals surface area (Å²) in [6.07, 6.45) is 0. The van der Waals surface area contributed by atoms with Crippen LogP contribution in [0.5, 0.6) is 5.75 Å². The van der Waals surface area contributed by atoms with Crippen LogP contribution in [-0.4, -0.2) is 28.0 Å². The Morgan fingerprint density at radius 3 is 2.43 bits per heavy atom. The molecule has 152 valence electrons. The van der Waals surface area contributed by atoms with Crippen molar-refractivity contribution in [3.8, 4) is 11.4 Å². The Morgan fingerprint density at radius 2 is 1.73 bits per heavy atom. The predicted molar refractivity (Wildman–Crippen MR) is 122 cm³/mol. The molecule has 30 heavy (non-hydrogen) atoms. The van der Waals surface area contributed by atoms with Crippen molar-refractivity contribution < 1.29 is 9.53 Å². The zero-order valence-corrected chi connectivity index (χ0v) is 18.5. The molecule has 0 saturated heterocycles. The van der Waals surface area contributed by atoms with Gasteiger partial charge >= 0.3 is 0 Å². The topological polar surface area (TPSA) is 69.0 Å². The number of carbonyl (C=O) groups is 1. The number of rotatable bonds is 5. The first-order valence-electron chi connectivity index (χ1n) is 9.57. The maximum Gasteiger partial charge on any atom is 0.259 e. The Kier molecular flexibility index (Phi) is 5.55. The number of amides is 1. The van der Waals surface area contributed by atoms with E-state index < -0.39 is 0 Å². The second-order valence-corrected chi connectivity index (χ2v) is 8.15. The van der Waals surface area contributed by atoms with Crippen LogP contribution >= 0.6 is 15.9 Å². The summed E-state index contributed by atoms with van der Waals surface area (Å²) in [7, 11) is 1.54. The monoisotopic (exact) mass is 464 g/mol. The quantitative estimate of drug-likeness (QED) is 0.419. The van der Waals surface area contributed by atoms with E-state index in [0.29, 0.717) is 28.4 Å². The lowest BCUT2D eigenvalue weighted by molar-refractivity contribution is 0.102. The van der Waals surface area contributed by atoms with Crippen LogP contribution in [0.2, 0.25) is 0 Å². The summed E-state index contributed by atoms with van der Waals surface area (Å²) in [6.45, 7) is 4.32. The number of fused-ring (bicyclic) bond motifs is 1. The molecule has 0 bridgehead atoms. The molecule has 0 unspecified atom stereocenters. The molecule has 1 N–H and O–H groups in total. The Balaban J connectivity index is 1.60. The first-order chi connectivity index (χ1) is 14.4. The summed E-state index contributed by atoms with van der Waals surface area (Å²) in [4.78, 5) is 14.4. The number of halogens is 1. The number of methoxy groups -OCH3 is 1. The van der Waals surface area contributed by atoms with Gasteiger partial charge in [0.15, 0.2) is 0 Å².